The maximum Gasteiger partial charge on any atom is 0.161 e. The third kappa shape index (κ3) is 5.43. The Hall–Kier alpha value is -1.75. The van der Waals surface area contributed by atoms with Gasteiger partial charge in [0.2, 0.25) is 0 Å². The van der Waals surface area contributed by atoms with Crippen molar-refractivity contribution in [3.63, 3.8) is 0 Å². The van der Waals surface area contributed by atoms with E-state index >= 15 is 0 Å². The Morgan fingerprint density at radius 1 is 1.09 bits per heavy atom. The van der Waals surface area contributed by atoms with Gasteiger partial charge in [-0.25, -0.2) is 0 Å². The fourth-order valence-electron chi connectivity index (χ4n) is 2.04. The maximum absolute atomic E-state index is 9.04. The summed E-state index contributed by atoms with van der Waals surface area (Å²) in [5.74, 6) is 1.39. The van der Waals surface area contributed by atoms with E-state index in [0.717, 1.165) is 11.1 Å². The van der Waals surface area contributed by atoms with Gasteiger partial charge in [-0.1, -0.05) is 29.8 Å². The van der Waals surface area contributed by atoms with Crippen molar-refractivity contribution in [3.05, 3.63) is 58.6 Å². The predicted molar refractivity (Wildman–Crippen MR) is 92.2 cm³/mol. The summed E-state index contributed by atoms with van der Waals surface area (Å²) in [5, 5.41) is 13.0. The van der Waals surface area contributed by atoms with Gasteiger partial charge in [0.15, 0.2) is 11.5 Å². The normalized spacial score (nSPS) is 12.0. The first-order valence-corrected chi connectivity index (χ1v) is 7.88. The summed E-state index contributed by atoms with van der Waals surface area (Å²) in [6, 6.07) is 13.4. The lowest BCUT2D eigenvalue weighted by atomic mass is 10.2. The van der Waals surface area contributed by atoms with Crippen molar-refractivity contribution in [2.75, 3.05) is 13.7 Å². The summed E-state index contributed by atoms with van der Waals surface area (Å²) in [4.78, 5) is 0. The molecular formula is C18H22ClNO3. The first-order chi connectivity index (χ1) is 11.1. The van der Waals surface area contributed by atoms with Gasteiger partial charge in [0.25, 0.3) is 0 Å². The highest BCUT2D eigenvalue weighted by Gasteiger charge is 2.07. The average molecular weight is 336 g/mol. The molecule has 0 aromatic heterocycles. The Labute approximate surface area is 142 Å². The number of methoxy groups -OCH3 is 1. The molecule has 2 aromatic carbocycles. The van der Waals surface area contributed by atoms with Gasteiger partial charge in [0.05, 0.1) is 13.7 Å². The van der Waals surface area contributed by atoms with Crippen molar-refractivity contribution >= 4 is 11.6 Å². The minimum atomic E-state index is 0.0572. The molecule has 0 spiro atoms. The van der Waals surface area contributed by atoms with E-state index in [9.17, 15) is 0 Å². The minimum Gasteiger partial charge on any atom is -0.493 e. The van der Waals surface area contributed by atoms with Gasteiger partial charge in [-0.15, -0.1) is 0 Å². The summed E-state index contributed by atoms with van der Waals surface area (Å²) < 4.78 is 11.2. The third-order valence-corrected chi connectivity index (χ3v) is 3.72. The smallest absolute Gasteiger partial charge is 0.161 e. The SMILES string of the molecule is COc1cc(CN[C@H](C)CO)ccc1OCc1ccc(Cl)cc1. The second kappa shape index (κ2) is 8.77. The molecule has 0 amide bonds. The highest BCUT2D eigenvalue weighted by molar-refractivity contribution is 6.30. The summed E-state index contributed by atoms with van der Waals surface area (Å²) in [6.45, 7) is 3.16. The van der Waals surface area contributed by atoms with Crippen LogP contribution in [0.25, 0.3) is 0 Å². The highest BCUT2D eigenvalue weighted by atomic mass is 35.5. The van der Waals surface area contributed by atoms with Crippen LogP contribution in [0.4, 0.5) is 0 Å². The molecule has 2 N–H and O–H groups in total. The number of aliphatic hydroxyl groups excluding tert-OH is 1. The molecule has 1 atom stereocenters. The number of rotatable bonds is 8. The zero-order valence-corrected chi connectivity index (χ0v) is 14.1. The zero-order chi connectivity index (χ0) is 16.7. The minimum absolute atomic E-state index is 0.0572. The van der Waals surface area contributed by atoms with E-state index in [2.05, 4.69) is 5.32 Å². The summed E-state index contributed by atoms with van der Waals surface area (Å²) >= 11 is 5.87. The molecule has 5 heteroatoms. The van der Waals surface area contributed by atoms with E-state index in [-0.39, 0.29) is 12.6 Å². The van der Waals surface area contributed by atoms with Gasteiger partial charge in [0, 0.05) is 17.6 Å². The molecule has 0 saturated carbocycles. The fraction of sp³-hybridized carbons (Fsp3) is 0.333. The molecule has 0 aliphatic carbocycles. The molecular weight excluding hydrogens is 314 g/mol. The second-order valence-electron chi connectivity index (χ2n) is 5.36. The Morgan fingerprint density at radius 3 is 2.43 bits per heavy atom. The lowest BCUT2D eigenvalue weighted by Gasteiger charge is -2.14. The van der Waals surface area contributed by atoms with Crippen molar-refractivity contribution in [2.24, 2.45) is 0 Å². The van der Waals surface area contributed by atoms with Crippen LogP contribution in [-0.2, 0) is 13.2 Å². The molecule has 0 radical (unpaired) electrons. The van der Waals surface area contributed by atoms with Crippen LogP contribution in [0.2, 0.25) is 5.02 Å². The molecule has 0 saturated heterocycles. The monoisotopic (exact) mass is 335 g/mol. The van der Waals surface area contributed by atoms with Crippen LogP contribution in [0.3, 0.4) is 0 Å². The van der Waals surface area contributed by atoms with Crippen molar-refractivity contribution < 1.29 is 14.6 Å². The predicted octanol–water partition coefficient (Wildman–Crippen LogP) is 3.40. The van der Waals surface area contributed by atoms with E-state index in [1.54, 1.807) is 7.11 Å². The lowest BCUT2D eigenvalue weighted by molar-refractivity contribution is 0.251. The topological polar surface area (TPSA) is 50.7 Å². The van der Waals surface area contributed by atoms with E-state index in [1.807, 2.05) is 49.4 Å². The van der Waals surface area contributed by atoms with Gasteiger partial charge in [-0.05, 0) is 42.3 Å². The quantitative estimate of drug-likeness (QED) is 0.776. The molecule has 0 unspecified atom stereocenters. The fourth-order valence-corrected chi connectivity index (χ4v) is 2.17. The summed E-state index contributed by atoms with van der Waals surface area (Å²) in [5.41, 5.74) is 2.11. The number of benzene rings is 2. The van der Waals surface area contributed by atoms with Gasteiger partial charge < -0.3 is 19.9 Å². The molecule has 4 nitrogen and oxygen atoms in total. The molecule has 0 bridgehead atoms. The zero-order valence-electron chi connectivity index (χ0n) is 13.4. The van der Waals surface area contributed by atoms with Crippen molar-refractivity contribution in [3.8, 4) is 11.5 Å². The summed E-state index contributed by atoms with van der Waals surface area (Å²) in [7, 11) is 1.62. The van der Waals surface area contributed by atoms with Gasteiger partial charge >= 0.3 is 0 Å². The van der Waals surface area contributed by atoms with Crippen LogP contribution >= 0.6 is 11.6 Å². The Bertz CT molecular complexity index is 616. The third-order valence-electron chi connectivity index (χ3n) is 3.46. The van der Waals surface area contributed by atoms with E-state index in [0.29, 0.717) is 29.7 Å². The molecule has 23 heavy (non-hydrogen) atoms. The number of hydrogen-bond acceptors (Lipinski definition) is 4. The lowest BCUT2D eigenvalue weighted by Crippen LogP contribution is -2.28. The number of aliphatic hydroxyl groups is 1. The molecule has 124 valence electrons. The van der Waals surface area contributed by atoms with Crippen LogP contribution in [-0.4, -0.2) is 24.9 Å². The molecule has 0 heterocycles. The van der Waals surface area contributed by atoms with Crippen LogP contribution in [0.15, 0.2) is 42.5 Å². The first kappa shape index (κ1) is 17.6. The summed E-state index contributed by atoms with van der Waals surface area (Å²) in [6.07, 6.45) is 0. The van der Waals surface area contributed by atoms with Crippen LogP contribution in [0.5, 0.6) is 11.5 Å². The molecule has 0 aliphatic heterocycles. The first-order valence-electron chi connectivity index (χ1n) is 7.50. The van der Waals surface area contributed by atoms with Gasteiger partial charge in [-0.2, -0.15) is 0 Å². The maximum atomic E-state index is 9.04. The molecule has 2 aromatic rings. The standard InChI is InChI=1S/C18H22ClNO3/c1-13(11-21)20-10-15-5-8-17(18(9-15)22-2)23-12-14-3-6-16(19)7-4-14/h3-9,13,20-21H,10-12H2,1-2H3/t13-/m1/s1. The Morgan fingerprint density at radius 2 is 1.78 bits per heavy atom. The van der Waals surface area contributed by atoms with E-state index in [4.69, 9.17) is 26.2 Å². The average Bonchev–Trinajstić information content (AvgIpc) is 2.59. The number of hydrogen-bond donors (Lipinski definition) is 2. The highest BCUT2D eigenvalue weighted by Crippen LogP contribution is 2.29. The van der Waals surface area contributed by atoms with E-state index < -0.39 is 0 Å². The largest absolute Gasteiger partial charge is 0.493 e. The second-order valence-corrected chi connectivity index (χ2v) is 5.80. The number of nitrogens with one attached hydrogen (secondary N) is 1. The Kier molecular flexibility index (Phi) is 6.71. The Balaban J connectivity index is 1.99. The molecule has 0 aliphatic rings. The van der Waals surface area contributed by atoms with Gasteiger partial charge in [-0.3, -0.25) is 0 Å². The van der Waals surface area contributed by atoms with E-state index in [1.165, 1.54) is 0 Å². The molecule has 2 rings (SSSR count). The van der Waals surface area contributed by atoms with Crippen LogP contribution in [0.1, 0.15) is 18.1 Å². The number of ether oxygens (including phenoxy) is 2. The van der Waals surface area contributed by atoms with Crippen molar-refractivity contribution in [1.29, 1.82) is 0 Å². The van der Waals surface area contributed by atoms with Gasteiger partial charge in [0.1, 0.15) is 6.61 Å². The number of halogens is 1. The molecule has 0 fully saturated rings. The van der Waals surface area contributed by atoms with Crippen LogP contribution in [0, 0.1) is 0 Å². The van der Waals surface area contributed by atoms with Crippen LogP contribution < -0.4 is 14.8 Å². The van der Waals surface area contributed by atoms with Crippen molar-refractivity contribution in [1.82, 2.24) is 5.32 Å². The van der Waals surface area contributed by atoms with Crippen molar-refractivity contribution in [2.45, 2.75) is 26.1 Å².